The van der Waals surface area contributed by atoms with Crippen LogP contribution in [0.5, 0.6) is 0 Å². The Morgan fingerprint density at radius 2 is 2.08 bits per heavy atom. The second kappa shape index (κ2) is 3.81. The van der Waals surface area contributed by atoms with E-state index in [0.717, 1.165) is 6.07 Å². The fourth-order valence-electron chi connectivity index (χ4n) is 0.812. The van der Waals surface area contributed by atoms with Crippen LogP contribution in [0.25, 0.3) is 0 Å². The van der Waals surface area contributed by atoms with Gasteiger partial charge in [0.2, 0.25) is 0 Å². The number of oxime groups is 1. The fraction of sp³-hybridized carbons (Fsp3) is 0. The van der Waals surface area contributed by atoms with Gasteiger partial charge >= 0.3 is 0 Å². The summed E-state index contributed by atoms with van der Waals surface area (Å²) in [5.74, 6) is -0.998. The van der Waals surface area contributed by atoms with Gasteiger partial charge in [-0.2, -0.15) is 0 Å². The highest BCUT2D eigenvalue weighted by atomic mass is 35.5. The molecule has 0 bridgehead atoms. The van der Waals surface area contributed by atoms with Crippen LogP contribution in [0.2, 0.25) is 10.0 Å². The van der Waals surface area contributed by atoms with E-state index in [4.69, 9.17) is 34.1 Å². The molecule has 1 rings (SSSR count). The van der Waals surface area contributed by atoms with Gasteiger partial charge in [-0.05, 0) is 12.1 Å². The van der Waals surface area contributed by atoms with Crippen molar-refractivity contribution in [3.8, 4) is 0 Å². The average molecular weight is 223 g/mol. The lowest BCUT2D eigenvalue weighted by atomic mass is 10.2. The Hall–Kier alpha value is -1.00. The van der Waals surface area contributed by atoms with Crippen molar-refractivity contribution in [3.05, 3.63) is 33.6 Å². The number of benzene rings is 1. The molecule has 0 spiro atoms. The van der Waals surface area contributed by atoms with Gasteiger partial charge in [-0.25, -0.2) is 4.39 Å². The van der Waals surface area contributed by atoms with Crippen LogP contribution in [0.15, 0.2) is 17.3 Å². The summed E-state index contributed by atoms with van der Waals surface area (Å²) in [6.07, 6.45) is 0. The van der Waals surface area contributed by atoms with Crippen LogP contribution in [0.4, 0.5) is 4.39 Å². The van der Waals surface area contributed by atoms with E-state index in [2.05, 4.69) is 5.16 Å². The average Bonchev–Trinajstić information content (AvgIpc) is 2.12. The van der Waals surface area contributed by atoms with Gasteiger partial charge in [0.1, 0.15) is 5.82 Å². The molecule has 6 heteroatoms. The molecule has 3 N–H and O–H groups in total. The van der Waals surface area contributed by atoms with Gasteiger partial charge in [-0.15, -0.1) is 0 Å². The topological polar surface area (TPSA) is 58.6 Å². The molecule has 0 aliphatic heterocycles. The normalized spacial score (nSPS) is 11.8. The van der Waals surface area contributed by atoms with Crippen LogP contribution in [-0.4, -0.2) is 11.0 Å². The molecular weight excluding hydrogens is 218 g/mol. The highest BCUT2D eigenvalue weighted by Gasteiger charge is 2.14. The molecule has 0 amide bonds. The maximum atomic E-state index is 12.9. The van der Waals surface area contributed by atoms with Crippen molar-refractivity contribution in [2.45, 2.75) is 0 Å². The zero-order chi connectivity index (χ0) is 10.0. The van der Waals surface area contributed by atoms with Crippen molar-refractivity contribution >= 4 is 29.0 Å². The van der Waals surface area contributed by atoms with Crippen molar-refractivity contribution in [1.29, 1.82) is 0 Å². The summed E-state index contributed by atoms with van der Waals surface area (Å²) in [6.45, 7) is 0. The van der Waals surface area contributed by atoms with Gasteiger partial charge in [0, 0.05) is 0 Å². The molecule has 0 aromatic heterocycles. The number of amidine groups is 1. The summed E-state index contributed by atoms with van der Waals surface area (Å²) in [5.41, 5.74) is 5.22. The number of nitrogens with zero attached hydrogens (tertiary/aromatic N) is 1. The fourth-order valence-corrected chi connectivity index (χ4v) is 1.38. The summed E-state index contributed by atoms with van der Waals surface area (Å²) in [6, 6.07) is 2.37. The van der Waals surface area contributed by atoms with Gasteiger partial charge in [0.25, 0.3) is 0 Å². The molecule has 0 heterocycles. The zero-order valence-electron chi connectivity index (χ0n) is 6.26. The maximum absolute atomic E-state index is 12.9. The van der Waals surface area contributed by atoms with Gasteiger partial charge in [-0.1, -0.05) is 28.4 Å². The van der Waals surface area contributed by atoms with E-state index in [1.165, 1.54) is 6.07 Å². The Morgan fingerprint density at radius 1 is 1.46 bits per heavy atom. The van der Waals surface area contributed by atoms with Crippen molar-refractivity contribution < 1.29 is 9.60 Å². The molecule has 1 aromatic rings. The van der Waals surface area contributed by atoms with Gasteiger partial charge in [-0.3, -0.25) is 0 Å². The van der Waals surface area contributed by atoms with E-state index in [9.17, 15) is 4.39 Å². The molecule has 0 aliphatic rings. The van der Waals surface area contributed by atoms with Crippen LogP contribution in [0.1, 0.15) is 5.56 Å². The summed E-state index contributed by atoms with van der Waals surface area (Å²) in [7, 11) is 0. The van der Waals surface area contributed by atoms with Gasteiger partial charge in [0.15, 0.2) is 5.84 Å². The Morgan fingerprint density at radius 3 is 2.62 bits per heavy atom. The van der Waals surface area contributed by atoms with Crippen LogP contribution in [-0.2, 0) is 0 Å². The molecule has 0 atom stereocenters. The number of rotatable bonds is 1. The first kappa shape index (κ1) is 10.1. The number of hydrogen-bond donors (Lipinski definition) is 2. The van der Waals surface area contributed by atoms with E-state index < -0.39 is 5.82 Å². The minimum atomic E-state index is -0.673. The third kappa shape index (κ3) is 1.84. The second-order valence-electron chi connectivity index (χ2n) is 2.20. The lowest BCUT2D eigenvalue weighted by molar-refractivity contribution is 0.318. The molecule has 0 radical (unpaired) electrons. The molecule has 13 heavy (non-hydrogen) atoms. The SMILES string of the molecule is N/C(=N\O)c1c(Cl)ccc(F)c1Cl. The Balaban J connectivity index is 3.42. The molecule has 0 aliphatic carbocycles. The van der Waals surface area contributed by atoms with Crippen LogP contribution in [0.3, 0.4) is 0 Å². The lowest BCUT2D eigenvalue weighted by Crippen LogP contribution is -2.14. The number of halogens is 3. The van der Waals surface area contributed by atoms with Crippen molar-refractivity contribution in [2.75, 3.05) is 0 Å². The molecule has 0 saturated heterocycles. The quantitative estimate of drug-likeness (QED) is 0.252. The summed E-state index contributed by atoms with van der Waals surface area (Å²) in [5, 5.41) is 10.9. The van der Waals surface area contributed by atoms with Crippen molar-refractivity contribution in [2.24, 2.45) is 10.9 Å². The summed E-state index contributed by atoms with van der Waals surface area (Å²) in [4.78, 5) is 0. The van der Waals surface area contributed by atoms with E-state index in [0.29, 0.717) is 0 Å². The molecule has 70 valence electrons. The third-order valence-corrected chi connectivity index (χ3v) is 2.09. The Bertz CT molecular complexity index is 368. The highest BCUT2D eigenvalue weighted by molar-refractivity contribution is 6.40. The Labute approximate surface area is 83.6 Å². The smallest absolute Gasteiger partial charge is 0.173 e. The van der Waals surface area contributed by atoms with Crippen LogP contribution in [0, 0.1) is 5.82 Å². The number of hydrogen-bond acceptors (Lipinski definition) is 2. The van der Waals surface area contributed by atoms with Crippen molar-refractivity contribution in [1.82, 2.24) is 0 Å². The minimum absolute atomic E-state index is 0.00849. The lowest BCUT2D eigenvalue weighted by Gasteiger charge is -2.04. The Kier molecular flexibility index (Phi) is 2.95. The van der Waals surface area contributed by atoms with E-state index in [1.54, 1.807) is 0 Å². The van der Waals surface area contributed by atoms with Crippen molar-refractivity contribution in [3.63, 3.8) is 0 Å². The molecule has 1 aromatic carbocycles. The van der Waals surface area contributed by atoms with Gasteiger partial charge < -0.3 is 10.9 Å². The molecule has 3 nitrogen and oxygen atoms in total. The predicted octanol–water partition coefficient (Wildman–Crippen LogP) is 2.23. The van der Waals surface area contributed by atoms with E-state index in [1.807, 2.05) is 0 Å². The maximum Gasteiger partial charge on any atom is 0.173 e. The highest BCUT2D eigenvalue weighted by Crippen LogP contribution is 2.26. The number of nitrogens with two attached hydrogens (primary N) is 1. The predicted molar refractivity (Wildman–Crippen MR) is 48.9 cm³/mol. The standard InChI is InChI=1S/C7H5Cl2FN2O/c8-3-1-2-4(10)6(9)5(3)7(11)12-13/h1-2,13H,(H2,11,12). The minimum Gasteiger partial charge on any atom is -0.409 e. The molecule has 0 fully saturated rings. The third-order valence-electron chi connectivity index (χ3n) is 1.41. The molecule has 0 saturated carbocycles. The molecular formula is C7H5Cl2FN2O. The second-order valence-corrected chi connectivity index (χ2v) is 2.99. The zero-order valence-corrected chi connectivity index (χ0v) is 7.77. The summed E-state index contributed by atoms with van der Waals surface area (Å²) < 4.78 is 12.9. The molecule has 0 unspecified atom stereocenters. The first-order chi connectivity index (χ1) is 6.07. The first-order valence-electron chi connectivity index (χ1n) is 3.19. The monoisotopic (exact) mass is 222 g/mol. The van der Waals surface area contributed by atoms with Crippen LogP contribution < -0.4 is 5.73 Å². The summed E-state index contributed by atoms with van der Waals surface area (Å²) >= 11 is 11.2. The largest absolute Gasteiger partial charge is 0.409 e. The van der Waals surface area contributed by atoms with Gasteiger partial charge in [0.05, 0.1) is 15.6 Å². The van der Waals surface area contributed by atoms with E-state index >= 15 is 0 Å². The first-order valence-corrected chi connectivity index (χ1v) is 3.95. The van der Waals surface area contributed by atoms with E-state index in [-0.39, 0.29) is 21.4 Å². The van der Waals surface area contributed by atoms with Crippen LogP contribution >= 0.6 is 23.2 Å².